The van der Waals surface area contributed by atoms with E-state index in [9.17, 15) is 9.59 Å². The first-order valence-electron chi connectivity index (χ1n) is 9.72. The van der Waals surface area contributed by atoms with E-state index >= 15 is 0 Å². The highest BCUT2D eigenvalue weighted by Crippen LogP contribution is 2.18. The summed E-state index contributed by atoms with van der Waals surface area (Å²) in [5.74, 6) is 0.823. The van der Waals surface area contributed by atoms with Gasteiger partial charge in [0.15, 0.2) is 0 Å². The first-order chi connectivity index (χ1) is 12.4. The van der Waals surface area contributed by atoms with Gasteiger partial charge in [0.2, 0.25) is 11.8 Å². The lowest BCUT2D eigenvalue weighted by molar-refractivity contribution is -0.138. The topological polar surface area (TPSA) is 52.7 Å². The van der Waals surface area contributed by atoms with Crippen molar-refractivity contribution in [2.24, 2.45) is 11.8 Å². The molecule has 5 nitrogen and oxygen atoms in total. The van der Waals surface area contributed by atoms with Gasteiger partial charge in [-0.2, -0.15) is 0 Å². The predicted molar refractivity (Wildman–Crippen MR) is 105 cm³/mol. The average Bonchev–Trinajstić information content (AvgIpc) is 2.59. The van der Waals surface area contributed by atoms with Gasteiger partial charge in [-0.3, -0.25) is 14.5 Å². The van der Waals surface area contributed by atoms with Crippen molar-refractivity contribution in [3.63, 3.8) is 0 Å². The van der Waals surface area contributed by atoms with E-state index in [1.807, 2.05) is 49.1 Å². The van der Waals surface area contributed by atoms with Gasteiger partial charge in [-0.15, -0.1) is 0 Å². The van der Waals surface area contributed by atoms with Gasteiger partial charge in [-0.25, -0.2) is 0 Å². The minimum atomic E-state index is -0.598. The number of amides is 2. The Kier molecular flexibility index (Phi) is 7.64. The third kappa shape index (κ3) is 6.13. The maximum atomic E-state index is 13.1. The molecule has 1 aromatic rings. The smallest absolute Gasteiger partial charge is 0.249 e. The first-order valence-corrected chi connectivity index (χ1v) is 9.72. The Morgan fingerprint density at radius 1 is 0.962 bits per heavy atom. The lowest BCUT2D eigenvalue weighted by Gasteiger charge is -2.37. The number of hydrogen-bond acceptors (Lipinski definition) is 3. The van der Waals surface area contributed by atoms with Crippen LogP contribution in [0.25, 0.3) is 0 Å². The van der Waals surface area contributed by atoms with Crippen molar-refractivity contribution in [1.29, 1.82) is 0 Å². The zero-order chi connectivity index (χ0) is 19.1. The van der Waals surface area contributed by atoms with Gasteiger partial charge in [0.05, 0.1) is 0 Å². The van der Waals surface area contributed by atoms with Gasteiger partial charge in [0.25, 0.3) is 0 Å². The van der Waals surface area contributed by atoms with Crippen LogP contribution >= 0.6 is 0 Å². The minimum Gasteiger partial charge on any atom is -0.341 e. The van der Waals surface area contributed by atoms with Crippen LogP contribution in [0.2, 0.25) is 0 Å². The molecule has 0 spiro atoms. The summed E-state index contributed by atoms with van der Waals surface area (Å²) >= 11 is 0. The maximum absolute atomic E-state index is 13.1. The van der Waals surface area contributed by atoms with E-state index in [0.29, 0.717) is 12.3 Å². The van der Waals surface area contributed by atoms with Crippen molar-refractivity contribution < 1.29 is 9.59 Å². The van der Waals surface area contributed by atoms with Crippen LogP contribution in [0.3, 0.4) is 0 Å². The Morgan fingerprint density at radius 2 is 1.58 bits per heavy atom. The fourth-order valence-corrected chi connectivity index (χ4v) is 3.37. The van der Waals surface area contributed by atoms with Crippen LogP contribution in [0.5, 0.6) is 0 Å². The van der Waals surface area contributed by atoms with Crippen LogP contribution in [0.15, 0.2) is 30.3 Å². The molecule has 1 aromatic carbocycles. The van der Waals surface area contributed by atoms with Gasteiger partial charge in [0, 0.05) is 39.1 Å². The molecular formula is C21H33N3O2. The number of carbonyl (C=O) groups excluding carboxylic acids is 2. The van der Waals surface area contributed by atoms with E-state index in [4.69, 9.17) is 0 Å². The Hall–Kier alpha value is -1.88. The molecule has 1 heterocycles. The van der Waals surface area contributed by atoms with Crippen LogP contribution in [-0.4, -0.2) is 54.3 Å². The second kappa shape index (κ2) is 9.72. The molecule has 0 aliphatic carbocycles. The summed E-state index contributed by atoms with van der Waals surface area (Å²) in [5.41, 5.74) is 0.846. The van der Waals surface area contributed by atoms with E-state index in [1.54, 1.807) is 0 Å². The van der Waals surface area contributed by atoms with E-state index in [0.717, 1.165) is 38.3 Å². The normalized spacial score (nSPS) is 16.8. The molecule has 0 aromatic heterocycles. The summed E-state index contributed by atoms with van der Waals surface area (Å²) in [5, 5.41) is 2.96. The van der Waals surface area contributed by atoms with Gasteiger partial charge in [0.1, 0.15) is 6.04 Å². The van der Waals surface area contributed by atoms with E-state index in [1.165, 1.54) is 0 Å². The quantitative estimate of drug-likeness (QED) is 0.814. The van der Waals surface area contributed by atoms with Crippen molar-refractivity contribution in [1.82, 2.24) is 15.1 Å². The maximum Gasteiger partial charge on any atom is 0.249 e. The van der Waals surface area contributed by atoms with Gasteiger partial charge >= 0.3 is 0 Å². The molecule has 1 N–H and O–H groups in total. The van der Waals surface area contributed by atoms with Crippen molar-refractivity contribution in [2.75, 3.05) is 32.7 Å². The van der Waals surface area contributed by atoms with E-state index < -0.39 is 6.04 Å². The molecule has 2 amide bonds. The Labute approximate surface area is 157 Å². The number of carbonyl (C=O) groups is 2. The third-order valence-electron chi connectivity index (χ3n) is 4.59. The lowest BCUT2D eigenvalue weighted by Crippen LogP contribution is -2.52. The number of nitrogens with one attached hydrogen (secondary N) is 1. The summed E-state index contributed by atoms with van der Waals surface area (Å²) in [6.07, 6.45) is 0.429. The third-order valence-corrected chi connectivity index (χ3v) is 4.59. The van der Waals surface area contributed by atoms with Crippen molar-refractivity contribution >= 4 is 11.8 Å². The van der Waals surface area contributed by atoms with Gasteiger partial charge in [-0.05, 0) is 17.4 Å². The summed E-state index contributed by atoms with van der Waals surface area (Å²) in [6.45, 7) is 12.7. The van der Waals surface area contributed by atoms with Gasteiger partial charge < -0.3 is 10.2 Å². The molecule has 1 unspecified atom stereocenters. The largest absolute Gasteiger partial charge is 0.341 e. The van der Waals surface area contributed by atoms with Crippen molar-refractivity contribution in [3.8, 4) is 0 Å². The lowest BCUT2D eigenvalue weighted by atomic mass is 10.0. The highest BCUT2D eigenvalue weighted by atomic mass is 16.2. The molecule has 1 aliphatic heterocycles. The standard InChI is InChI=1S/C21H33N3O2/c1-16(2)14-19(25)22-20(18-8-6-5-7-9-18)21(26)24-12-10-23(11-13-24)15-17(3)4/h5-9,16-17,20H,10-15H2,1-4H3,(H,22,25). The number of rotatable bonds is 7. The molecule has 144 valence electrons. The summed E-state index contributed by atoms with van der Waals surface area (Å²) < 4.78 is 0. The Morgan fingerprint density at radius 3 is 2.12 bits per heavy atom. The summed E-state index contributed by atoms with van der Waals surface area (Å²) in [4.78, 5) is 29.7. The number of nitrogens with zero attached hydrogens (tertiary/aromatic N) is 2. The molecule has 1 saturated heterocycles. The van der Waals surface area contributed by atoms with Crippen LogP contribution in [0.1, 0.15) is 45.7 Å². The summed E-state index contributed by atoms with van der Waals surface area (Å²) in [7, 11) is 0. The minimum absolute atomic E-state index is 0.00231. The highest BCUT2D eigenvalue weighted by molar-refractivity contribution is 5.88. The molecule has 1 fully saturated rings. The fourth-order valence-electron chi connectivity index (χ4n) is 3.37. The SMILES string of the molecule is CC(C)CC(=O)NC(C(=O)N1CCN(CC(C)C)CC1)c1ccccc1. The monoisotopic (exact) mass is 359 g/mol. The zero-order valence-corrected chi connectivity index (χ0v) is 16.6. The van der Waals surface area contributed by atoms with Crippen LogP contribution in [0.4, 0.5) is 0 Å². The number of benzene rings is 1. The van der Waals surface area contributed by atoms with E-state index in [-0.39, 0.29) is 17.7 Å². The molecule has 1 atom stereocenters. The number of piperazine rings is 1. The molecule has 26 heavy (non-hydrogen) atoms. The molecular weight excluding hydrogens is 326 g/mol. The van der Waals surface area contributed by atoms with E-state index in [2.05, 4.69) is 24.1 Å². The molecule has 2 rings (SSSR count). The first kappa shape index (κ1) is 20.4. The van der Waals surface area contributed by atoms with Crippen molar-refractivity contribution in [2.45, 2.75) is 40.2 Å². The van der Waals surface area contributed by atoms with Gasteiger partial charge in [-0.1, -0.05) is 58.0 Å². The zero-order valence-electron chi connectivity index (χ0n) is 16.6. The summed E-state index contributed by atoms with van der Waals surface area (Å²) in [6, 6.07) is 8.96. The number of hydrogen-bond donors (Lipinski definition) is 1. The molecule has 0 saturated carbocycles. The van der Waals surface area contributed by atoms with Crippen molar-refractivity contribution in [3.05, 3.63) is 35.9 Å². The Balaban J connectivity index is 2.05. The Bertz CT molecular complexity index is 578. The van der Waals surface area contributed by atoms with Crippen LogP contribution in [-0.2, 0) is 9.59 Å². The fraction of sp³-hybridized carbons (Fsp3) is 0.619. The molecule has 1 aliphatic rings. The predicted octanol–water partition coefficient (Wildman–Crippen LogP) is 2.69. The highest BCUT2D eigenvalue weighted by Gasteiger charge is 2.29. The van der Waals surface area contributed by atoms with Crippen LogP contribution in [0, 0.1) is 11.8 Å². The second-order valence-electron chi connectivity index (χ2n) is 8.03. The second-order valence-corrected chi connectivity index (χ2v) is 8.03. The average molecular weight is 360 g/mol. The molecule has 0 bridgehead atoms. The molecule has 0 radical (unpaired) electrons. The van der Waals surface area contributed by atoms with Crippen LogP contribution < -0.4 is 5.32 Å². The molecule has 5 heteroatoms.